The summed E-state index contributed by atoms with van der Waals surface area (Å²) in [7, 11) is 1.45. The number of nitrogens with zero attached hydrogens (tertiary/aromatic N) is 2. The molecule has 1 N–H and O–H groups in total. The molecule has 4 amide bonds. The number of carbonyl (C=O) groups is 3. The molecule has 0 bridgehead atoms. The lowest BCUT2D eigenvalue weighted by Gasteiger charge is -2.30. The van der Waals surface area contributed by atoms with Crippen molar-refractivity contribution >= 4 is 23.5 Å². The molecule has 1 aromatic rings. The van der Waals surface area contributed by atoms with Crippen LogP contribution < -0.4 is 15.0 Å². The van der Waals surface area contributed by atoms with Crippen LogP contribution >= 0.6 is 0 Å². The predicted molar refractivity (Wildman–Crippen MR) is 84.5 cm³/mol. The van der Waals surface area contributed by atoms with E-state index < -0.39 is 17.8 Å². The summed E-state index contributed by atoms with van der Waals surface area (Å²) in [5, 5.41) is 2.19. The molecule has 2 aliphatic rings. The van der Waals surface area contributed by atoms with Crippen molar-refractivity contribution in [3.05, 3.63) is 36.0 Å². The molecule has 0 radical (unpaired) electrons. The minimum absolute atomic E-state index is 0.0950. The molecule has 0 aliphatic carbocycles. The van der Waals surface area contributed by atoms with E-state index in [1.807, 2.05) is 4.90 Å². The Balaban J connectivity index is 1.95. The molecule has 0 atom stereocenters. The van der Waals surface area contributed by atoms with Gasteiger partial charge in [0.15, 0.2) is 0 Å². The number of benzene rings is 1. The van der Waals surface area contributed by atoms with E-state index in [2.05, 4.69) is 5.32 Å². The molecule has 8 nitrogen and oxygen atoms in total. The molecule has 0 saturated carbocycles. The van der Waals surface area contributed by atoms with Crippen molar-refractivity contribution in [1.82, 2.24) is 10.2 Å². The highest BCUT2D eigenvalue weighted by Gasteiger charge is 2.38. The maximum Gasteiger partial charge on any atom is 0.336 e. The number of para-hydroxylation sites is 2. The van der Waals surface area contributed by atoms with Gasteiger partial charge < -0.3 is 14.4 Å². The fourth-order valence-corrected chi connectivity index (χ4v) is 2.57. The SMILES string of the molecule is COc1ccccc1N1C(=O)NC(=O)/C(=C\N2CCOCC2)C1=O. The van der Waals surface area contributed by atoms with Crippen LogP contribution in [0.2, 0.25) is 0 Å². The van der Waals surface area contributed by atoms with Crippen molar-refractivity contribution in [2.75, 3.05) is 38.3 Å². The first-order valence-electron chi connectivity index (χ1n) is 7.48. The maximum atomic E-state index is 12.8. The molecule has 0 spiro atoms. The van der Waals surface area contributed by atoms with E-state index >= 15 is 0 Å². The van der Waals surface area contributed by atoms with Gasteiger partial charge in [-0.15, -0.1) is 0 Å². The van der Waals surface area contributed by atoms with E-state index in [1.165, 1.54) is 13.3 Å². The fraction of sp³-hybridized carbons (Fsp3) is 0.312. The monoisotopic (exact) mass is 331 g/mol. The second-order valence-corrected chi connectivity index (χ2v) is 5.26. The van der Waals surface area contributed by atoms with Crippen LogP contribution in [0.25, 0.3) is 0 Å². The van der Waals surface area contributed by atoms with E-state index in [9.17, 15) is 14.4 Å². The quantitative estimate of drug-likeness (QED) is 0.641. The first kappa shape index (κ1) is 16.0. The second-order valence-electron chi connectivity index (χ2n) is 5.26. The minimum atomic E-state index is -0.798. The number of urea groups is 1. The topological polar surface area (TPSA) is 88.2 Å². The number of rotatable bonds is 3. The third-order valence-electron chi connectivity index (χ3n) is 3.79. The van der Waals surface area contributed by atoms with Gasteiger partial charge in [0.2, 0.25) is 0 Å². The number of hydrogen-bond donors (Lipinski definition) is 1. The molecule has 3 rings (SSSR count). The van der Waals surface area contributed by atoms with Crippen molar-refractivity contribution in [2.45, 2.75) is 0 Å². The Kier molecular flexibility index (Phi) is 4.48. The summed E-state index contributed by atoms with van der Waals surface area (Å²) in [5.74, 6) is -1.02. The molecular weight excluding hydrogens is 314 g/mol. The molecule has 2 fully saturated rings. The molecule has 2 heterocycles. The molecule has 1 aromatic carbocycles. The fourth-order valence-electron chi connectivity index (χ4n) is 2.57. The van der Waals surface area contributed by atoms with Crippen molar-refractivity contribution in [3.63, 3.8) is 0 Å². The van der Waals surface area contributed by atoms with Crippen LogP contribution in [0.15, 0.2) is 36.0 Å². The molecule has 8 heteroatoms. The summed E-state index contributed by atoms with van der Waals surface area (Å²) < 4.78 is 10.4. The summed E-state index contributed by atoms with van der Waals surface area (Å²) >= 11 is 0. The number of anilines is 1. The standard InChI is InChI=1S/C16H17N3O5/c1-23-13-5-3-2-4-12(13)19-15(21)11(14(20)17-16(19)22)10-18-6-8-24-9-7-18/h2-5,10H,6-9H2,1H3,(H,17,20,22)/b11-10+. The smallest absolute Gasteiger partial charge is 0.336 e. The van der Waals surface area contributed by atoms with Gasteiger partial charge in [-0.05, 0) is 12.1 Å². The van der Waals surface area contributed by atoms with Crippen molar-refractivity contribution in [2.24, 2.45) is 0 Å². The number of nitrogens with one attached hydrogen (secondary N) is 1. The normalized spacial score (nSPS) is 20.4. The molecule has 0 aromatic heterocycles. The van der Waals surface area contributed by atoms with Gasteiger partial charge in [-0.3, -0.25) is 14.9 Å². The Hall–Kier alpha value is -2.87. The summed E-state index contributed by atoms with van der Waals surface area (Å²) in [6.45, 7) is 2.20. The Morgan fingerprint density at radius 1 is 1.17 bits per heavy atom. The lowest BCUT2D eigenvalue weighted by atomic mass is 10.1. The number of carbonyl (C=O) groups excluding carboxylic acids is 3. The van der Waals surface area contributed by atoms with E-state index in [0.717, 1.165) is 4.90 Å². The second kappa shape index (κ2) is 6.71. The van der Waals surface area contributed by atoms with Crippen LogP contribution in [0.4, 0.5) is 10.5 Å². The zero-order valence-corrected chi connectivity index (χ0v) is 13.2. The largest absolute Gasteiger partial charge is 0.495 e. The van der Waals surface area contributed by atoms with Gasteiger partial charge in [-0.25, -0.2) is 9.69 Å². The van der Waals surface area contributed by atoms with Crippen molar-refractivity contribution in [1.29, 1.82) is 0 Å². The van der Waals surface area contributed by atoms with E-state index in [4.69, 9.17) is 9.47 Å². The molecule has 2 saturated heterocycles. The van der Waals surface area contributed by atoms with Gasteiger partial charge in [0.1, 0.15) is 11.3 Å². The Morgan fingerprint density at radius 3 is 2.58 bits per heavy atom. The third kappa shape index (κ3) is 2.95. The lowest BCUT2D eigenvalue weighted by molar-refractivity contribution is -0.122. The van der Waals surface area contributed by atoms with Gasteiger partial charge in [0, 0.05) is 19.3 Å². The minimum Gasteiger partial charge on any atom is -0.495 e. The highest BCUT2D eigenvalue weighted by Crippen LogP contribution is 2.30. The number of ether oxygens (including phenoxy) is 2. The van der Waals surface area contributed by atoms with E-state index in [1.54, 1.807) is 24.3 Å². The lowest BCUT2D eigenvalue weighted by Crippen LogP contribution is -2.55. The number of hydrogen-bond acceptors (Lipinski definition) is 6. The number of amides is 4. The van der Waals surface area contributed by atoms with Crippen LogP contribution in [0, 0.1) is 0 Å². The predicted octanol–water partition coefficient (Wildman–Crippen LogP) is 0.494. The molecule has 126 valence electrons. The average molecular weight is 331 g/mol. The van der Waals surface area contributed by atoms with E-state index in [0.29, 0.717) is 32.1 Å². The van der Waals surface area contributed by atoms with Crippen LogP contribution in [-0.4, -0.2) is 56.2 Å². The van der Waals surface area contributed by atoms with Crippen LogP contribution in [0.5, 0.6) is 5.75 Å². The first-order chi connectivity index (χ1) is 11.6. The highest BCUT2D eigenvalue weighted by molar-refractivity contribution is 6.37. The highest BCUT2D eigenvalue weighted by atomic mass is 16.5. The zero-order chi connectivity index (χ0) is 17.1. The van der Waals surface area contributed by atoms with Gasteiger partial charge in [-0.1, -0.05) is 12.1 Å². The Morgan fingerprint density at radius 2 is 1.88 bits per heavy atom. The summed E-state index contributed by atoms with van der Waals surface area (Å²) in [6.07, 6.45) is 1.48. The average Bonchev–Trinajstić information content (AvgIpc) is 2.60. The molecule has 2 aliphatic heterocycles. The summed E-state index contributed by atoms with van der Waals surface area (Å²) in [4.78, 5) is 39.7. The summed E-state index contributed by atoms with van der Waals surface area (Å²) in [5.41, 5.74) is 0.185. The maximum absolute atomic E-state index is 12.8. The summed E-state index contributed by atoms with van der Waals surface area (Å²) in [6, 6.07) is 5.83. The van der Waals surface area contributed by atoms with Crippen LogP contribution in [-0.2, 0) is 14.3 Å². The number of methoxy groups -OCH3 is 1. The zero-order valence-electron chi connectivity index (χ0n) is 13.2. The van der Waals surface area contributed by atoms with Gasteiger partial charge >= 0.3 is 6.03 Å². The van der Waals surface area contributed by atoms with Crippen molar-refractivity contribution < 1.29 is 23.9 Å². The molecule has 0 unspecified atom stereocenters. The first-order valence-corrected chi connectivity index (χ1v) is 7.48. The number of imide groups is 2. The van der Waals surface area contributed by atoms with Gasteiger partial charge in [0.05, 0.1) is 26.0 Å². The Labute approximate surface area is 138 Å². The van der Waals surface area contributed by atoms with Gasteiger partial charge in [-0.2, -0.15) is 0 Å². The van der Waals surface area contributed by atoms with Crippen LogP contribution in [0.3, 0.4) is 0 Å². The van der Waals surface area contributed by atoms with Gasteiger partial charge in [0.25, 0.3) is 11.8 Å². The number of morpholine rings is 1. The van der Waals surface area contributed by atoms with Crippen LogP contribution in [0.1, 0.15) is 0 Å². The Bertz CT molecular complexity index is 709. The molecule has 24 heavy (non-hydrogen) atoms. The van der Waals surface area contributed by atoms with E-state index in [-0.39, 0.29) is 11.3 Å². The number of barbiturate groups is 1. The molecular formula is C16H17N3O5. The third-order valence-corrected chi connectivity index (χ3v) is 3.79. The van der Waals surface area contributed by atoms with Crippen molar-refractivity contribution in [3.8, 4) is 5.75 Å².